The monoisotopic (exact) mass is 360 g/mol. The van der Waals surface area contributed by atoms with E-state index in [0.29, 0.717) is 6.54 Å². The normalized spacial score (nSPS) is 13.4. The van der Waals surface area contributed by atoms with E-state index >= 15 is 0 Å². The van der Waals surface area contributed by atoms with Gasteiger partial charge in [-0.05, 0) is 30.3 Å². The minimum absolute atomic E-state index is 0.0473. The Morgan fingerprint density at radius 3 is 2.23 bits per heavy atom. The van der Waals surface area contributed by atoms with Gasteiger partial charge in [0.25, 0.3) is 0 Å². The second-order valence-electron chi connectivity index (χ2n) is 5.36. The lowest BCUT2D eigenvalue weighted by molar-refractivity contribution is -0.124. The van der Waals surface area contributed by atoms with Crippen LogP contribution in [0.1, 0.15) is 24.1 Å². The molecular weight excluding hydrogens is 340 g/mol. The number of carbonyl (C=O) groups is 1. The molecule has 2 aromatic carbocycles. The van der Waals surface area contributed by atoms with Crippen LogP contribution in [0.4, 0.5) is 0 Å². The third kappa shape index (κ3) is 4.42. The van der Waals surface area contributed by atoms with E-state index in [9.17, 15) is 4.79 Å². The van der Waals surface area contributed by atoms with Crippen molar-refractivity contribution in [2.75, 3.05) is 13.6 Å². The van der Waals surface area contributed by atoms with Gasteiger partial charge in [-0.1, -0.05) is 65.3 Å². The third-order valence-corrected chi connectivity index (χ3v) is 4.11. The molecule has 2 N–H and O–H groups in total. The van der Waals surface area contributed by atoms with Gasteiger partial charge in [0.05, 0.1) is 6.04 Å². The topological polar surface area (TPSA) is 41.1 Å². The summed E-state index contributed by atoms with van der Waals surface area (Å²) < 4.78 is 1.03. The average molecular weight is 361 g/mol. The van der Waals surface area contributed by atoms with E-state index < -0.39 is 0 Å². The molecule has 2 rings (SSSR count). The van der Waals surface area contributed by atoms with Crippen molar-refractivity contribution in [3.8, 4) is 0 Å². The number of benzene rings is 2. The molecule has 2 unspecified atom stereocenters. The zero-order valence-corrected chi connectivity index (χ0v) is 14.4. The minimum Gasteiger partial charge on any atom is -0.345 e. The molecule has 0 bridgehead atoms. The number of carbonyl (C=O) groups excluding carboxylic acids is 1. The van der Waals surface area contributed by atoms with Crippen LogP contribution in [0.25, 0.3) is 0 Å². The van der Waals surface area contributed by atoms with E-state index in [1.807, 2.05) is 68.6 Å². The molecule has 0 aliphatic rings. The molecule has 0 spiro atoms. The van der Waals surface area contributed by atoms with Crippen molar-refractivity contribution in [2.24, 2.45) is 5.92 Å². The fraction of sp³-hybridized carbons (Fsp3) is 0.278. The van der Waals surface area contributed by atoms with Gasteiger partial charge in [0.2, 0.25) is 5.91 Å². The van der Waals surface area contributed by atoms with Crippen LogP contribution in [0, 0.1) is 5.92 Å². The highest BCUT2D eigenvalue weighted by Gasteiger charge is 2.20. The summed E-state index contributed by atoms with van der Waals surface area (Å²) in [5, 5.41) is 6.20. The van der Waals surface area contributed by atoms with Crippen molar-refractivity contribution in [2.45, 2.75) is 13.0 Å². The largest absolute Gasteiger partial charge is 0.345 e. The minimum atomic E-state index is -0.138. The summed E-state index contributed by atoms with van der Waals surface area (Å²) in [7, 11) is 1.85. The molecule has 116 valence electrons. The average Bonchev–Trinajstić information content (AvgIpc) is 2.54. The maximum atomic E-state index is 12.4. The Hall–Kier alpha value is -1.65. The van der Waals surface area contributed by atoms with E-state index in [1.54, 1.807) is 0 Å². The predicted octanol–water partition coefficient (Wildman–Crippen LogP) is 3.51. The Morgan fingerprint density at radius 2 is 1.64 bits per heavy atom. The SMILES string of the molecule is CNCC(C)C(=O)NC(c1ccccc1)c1ccc(Br)cc1. The number of rotatable bonds is 6. The fourth-order valence-corrected chi connectivity index (χ4v) is 2.61. The van der Waals surface area contributed by atoms with Crippen molar-refractivity contribution in [3.63, 3.8) is 0 Å². The van der Waals surface area contributed by atoms with Crippen molar-refractivity contribution in [1.82, 2.24) is 10.6 Å². The van der Waals surface area contributed by atoms with Crippen LogP contribution in [0.5, 0.6) is 0 Å². The maximum Gasteiger partial charge on any atom is 0.224 e. The van der Waals surface area contributed by atoms with Crippen LogP contribution in [0.2, 0.25) is 0 Å². The highest BCUT2D eigenvalue weighted by molar-refractivity contribution is 9.10. The van der Waals surface area contributed by atoms with Crippen molar-refractivity contribution in [3.05, 3.63) is 70.2 Å². The Balaban J connectivity index is 2.26. The lowest BCUT2D eigenvalue weighted by Gasteiger charge is -2.22. The van der Waals surface area contributed by atoms with Gasteiger partial charge in [-0.2, -0.15) is 0 Å². The quantitative estimate of drug-likeness (QED) is 0.827. The molecule has 0 heterocycles. The molecule has 0 aliphatic carbocycles. The van der Waals surface area contributed by atoms with Gasteiger partial charge in [0.15, 0.2) is 0 Å². The van der Waals surface area contributed by atoms with Gasteiger partial charge >= 0.3 is 0 Å². The first-order valence-corrected chi connectivity index (χ1v) is 8.16. The summed E-state index contributed by atoms with van der Waals surface area (Å²) >= 11 is 3.45. The van der Waals surface area contributed by atoms with Crippen LogP contribution < -0.4 is 10.6 Å². The molecule has 4 heteroatoms. The van der Waals surface area contributed by atoms with Crippen LogP contribution in [-0.2, 0) is 4.79 Å². The molecule has 0 aromatic heterocycles. The lowest BCUT2D eigenvalue weighted by atomic mass is 9.98. The highest BCUT2D eigenvalue weighted by Crippen LogP contribution is 2.24. The molecular formula is C18H21BrN2O. The molecule has 1 amide bonds. The van der Waals surface area contributed by atoms with Crippen LogP contribution in [0.15, 0.2) is 59.1 Å². The number of hydrogen-bond acceptors (Lipinski definition) is 2. The second kappa shape index (κ2) is 8.11. The van der Waals surface area contributed by atoms with Gasteiger partial charge in [-0.15, -0.1) is 0 Å². The number of halogens is 1. The summed E-state index contributed by atoms with van der Waals surface area (Å²) in [6, 6.07) is 18.0. The molecule has 0 aliphatic heterocycles. The fourth-order valence-electron chi connectivity index (χ4n) is 2.34. The summed E-state index contributed by atoms with van der Waals surface area (Å²) in [5.74, 6) is -0.0298. The standard InChI is InChI=1S/C18H21BrN2O/c1-13(12-20-2)18(22)21-17(14-6-4-3-5-7-14)15-8-10-16(19)11-9-15/h3-11,13,17,20H,12H2,1-2H3,(H,21,22). The van der Waals surface area contributed by atoms with E-state index in [-0.39, 0.29) is 17.9 Å². The predicted molar refractivity (Wildman–Crippen MR) is 93.7 cm³/mol. The summed E-state index contributed by atoms with van der Waals surface area (Å²) in [6.45, 7) is 2.59. The summed E-state index contributed by atoms with van der Waals surface area (Å²) in [6.07, 6.45) is 0. The number of amides is 1. The Kier molecular flexibility index (Phi) is 6.16. The Labute approximate surface area is 140 Å². The van der Waals surface area contributed by atoms with Crippen LogP contribution in [0.3, 0.4) is 0 Å². The van der Waals surface area contributed by atoms with Gasteiger partial charge < -0.3 is 10.6 Å². The Bertz CT molecular complexity index is 598. The van der Waals surface area contributed by atoms with Crippen molar-refractivity contribution < 1.29 is 4.79 Å². The van der Waals surface area contributed by atoms with E-state index in [1.165, 1.54) is 0 Å². The molecule has 0 fully saturated rings. The third-order valence-electron chi connectivity index (χ3n) is 3.58. The van der Waals surface area contributed by atoms with Gasteiger partial charge in [-0.25, -0.2) is 0 Å². The summed E-state index contributed by atoms with van der Waals surface area (Å²) in [5.41, 5.74) is 2.15. The first-order valence-electron chi connectivity index (χ1n) is 7.37. The van der Waals surface area contributed by atoms with Gasteiger partial charge in [0, 0.05) is 16.9 Å². The molecule has 0 saturated carbocycles. The van der Waals surface area contributed by atoms with Gasteiger partial charge in [0.1, 0.15) is 0 Å². The van der Waals surface area contributed by atoms with E-state index in [0.717, 1.165) is 15.6 Å². The molecule has 22 heavy (non-hydrogen) atoms. The van der Waals surface area contributed by atoms with Crippen molar-refractivity contribution >= 4 is 21.8 Å². The zero-order chi connectivity index (χ0) is 15.9. The molecule has 0 radical (unpaired) electrons. The molecule has 0 saturated heterocycles. The smallest absolute Gasteiger partial charge is 0.224 e. The van der Waals surface area contributed by atoms with Crippen LogP contribution >= 0.6 is 15.9 Å². The lowest BCUT2D eigenvalue weighted by Crippen LogP contribution is -2.37. The van der Waals surface area contributed by atoms with Crippen molar-refractivity contribution in [1.29, 1.82) is 0 Å². The maximum absolute atomic E-state index is 12.4. The second-order valence-corrected chi connectivity index (χ2v) is 6.28. The molecule has 3 nitrogen and oxygen atoms in total. The first kappa shape index (κ1) is 16.7. The number of hydrogen-bond donors (Lipinski definition) is 2. The summed E-state index contributed by atoms with van der Waals surface area (Å²) in [4.78, 5) is 12.4. The van der Waals surface area contributed by atoms with E-state index in [2.05, 4.69) is 26.6 Å². The highest BCUT2D eigenvalue weighted by atomic mass is 79.9. The number of nitrogens with one attached hydrogen (secondary N) is 2. The Morgan fingerprint density at radius 1 is 1.05 bits per heavy atom. The van der Waals surface area contributed by atoms with Crippen LogP contribution in [-0.4, -0.2) is 19.5 Å². The van der Waals surface area contributed by atoms with E-state index in [4.69, 9.17) is 0 Å². The first-order chi connectivity index (χ1) is 10.6. The zero-order valence-electron chi connectivity index (χ0n) is 12.8. The molecule has 2 aromatic rings. The molecule has 2 atom stereocenters. The van der Waals surface area contributed by atoms with Gasteiger partial charge in [-0.3, -0.25) is 4.79 Å².